The fourth-order valence-corrected chi connectivity index (χ4v) is 2.60. The topological polar surface area (TPSA) is 73.2 Å². The van der Waals surface area contributed by atoms with Gasteiger partial charge in [0.1, 0.15) is 11.6 Å². The molecule has 1 heterocycles. The Kier molecular flexibility index (Phi) is 6.16. The van der Waals surface area contributed by atoms with Crippen LogP contribution in [0.15, 0.2) is 71.8 Å². The fourth-order valence-electron chi connectivity index (χ4n) is 2.60. The molecular weight excluding hydrogens is 361 g/mol. The molecule has 3 aromatic rings. The molecule has 2 aromatic carbocycles. The van der Waals surface area contributed by atoms with Crippen molar-refractivity contribution in [1.29, 1.82) is 0 Å². The predicted molar refractivity (Wildman–Crippen MR) is 103 cm³/mol. The highest BCUT2D eigenvalue weighted by Gasteiger charge is 2.14. The molecule has 0 aliphatic carbocycles. The van der Waals surface area contributed by atoms with Crippen LogP contribution in [0.1, 0.15) is 6.92 Å². The molecule has 0 saturated heterocycles. The summed E-state index contributed by atoms with van der Waals surface area (Å²) < 4.78 is 20.0. The SMILES string of the molecule is CC(Oc1cccc(F)c1)C(=O)NCCn1cnc(-c2ccccc2)cc1=O. The Morgan fingerprint density at radius 2 is 1.96 bits per heavy atom. The van der Waals surface area contributed by atoms with E-state index in [1.165, 1.54) is 35.2 Å². The van der Waals surface area contributed by atoms with Crippen LogP contribution in [0.2, 0.25) is 0 Å². The van der Waals surface area contributed by atoms with Gasteiger partial charge in [-0.25, -0.2) is 9.37 Å². The number of hydrogen-bond acceptors (Lipinski definition) is 4. The van der Waals surface area contributed by atoms with Crippen LogP contribution in [0.25, 0.3) is 11.3 Å². The lowest BCUT2D eigenvalue weighted by atomic mass is 10.1. The van der Waals surface area contributed by atoms with E-state index in [1.807, 2.05) is 30.3 Å². The lowest BCUT2D eigenvalue weighted by molar-refractivity contribution is -0.127. The monoisotopic (exact) mass is 381 g/mol. The van der Waals surface area contributed by atoms with Crippen molar-refractivity contribution in [3.05, 3.63) is 83.2 Å². The van der Waals surface area contributed by atoms with E-state index in [0.29, 0.717) is 5.69 Å². The number of rotatable bonds is 7. The van der Waals surface area contributed by atoms with E-state index in [0.717, 1.165) is 5.56 Å². The van der Waals surface area contributed by atoms with Crippen molar-refractivity contribution < 1.29 is 13.9 Å². The Bertz CT molecular complexity index is 1010. The van der Waals surface area contributed by atoms with Crippen molar-refractivity contribution >= 4 is 5.91 Å². The first-order valence-electron chi connectivity index (χ1n) is 8.85. The highest BCUT2D eigenvalue weighted by atomic mass is 19.1. The molecule has 1 atom stereocenters. The number of ether oxygens (including phenoxy) is 1. The molecule has 0 saturated carbocycles. The fraction of sp³-hybridized carbons (Fsp3) is 0.190. The summed E-state index contributed by atoms with van der Waals surface area (Å²) in [6.45, 7) is 2.09. The van der Waals surface area contributed by atoms with Crippen molar-refractivity contribution in [2.45, 2.75) is 19.6 Å². The van der Waals surface area contributed by atoms with Crippen molar-refractivity contribution in [2.75, 3.05) is 6.54 Å². The Balaban J connectivity index is 1.53. The van der Waals surface area contributed by atoms with Crippen LogP contribution in [0.3, 0.4) is 0 Å². The maximum absolute atomic E-state index is 13.2. The number of carbonyl (C=O) groups excluding carboxylic acids is 1. The summed E-state index contributed by atoms with van der Waals surface area (Å²) in [5, 5.41) is 2.69. The van der Waals surface area contributed by atoms with Gasteiger partial charge in [-0.2, -0.15) is 0 Å². The molecule has 1 N–H and O–H groups in total. The van der Waals surface area contributed by atoms with Crippen molar-refractivity contribution in [3.63, 3.8) is 0 Å². The molecule has 6 nitrogen and oxygen atoms in total. The number of halogens is 1. The lowest BCUT2D eigenvalue weighted by Gasteiger charge is -2.15. The van der Waals surface area contributed by atoms with Crippen LogP contribution < -0.4 is 15.6 Å². The number of hydrogen-bond donors (Lipinski definition) is 1. The van der Waals surface area contributed by atoms with Gasteiger partial charge in [-0.15, -0.1) is 0 Å². The van der Waals surface area contributed by atoms with Crippen LogP contribution in [-0.4, -0.2) is 28.1 Å². The van der Waals surface area contributed by atoms with E-state index >= 15 is 0 Å². The number of benzene rings is 2. The zero-order valence-electron chi connectivity index (χ0n) is 15.3. The molecular formula is C21H20FN3O3. The van der Waals surface area contributed by atoms with Crippen molar-refractivity contribution in [2.24, 2.45) is 0 Å². The minimum Gasteiger partial charge on any atom is -0.481 e. The predicted octanol–water partition coefficient (Wildman–Crippen LogP) is 2.63. The number of aromatic nitrogens is 2. The summed E-state index contributed by atoms with van der Waals surface area (Å²) in [6.07, 6.45) is 0.667. The summed E-state index contributed by atoms with van der Waals surface area (Å²) in [5.74, 6) is -0.512. The van der Waals surface area contributed by atoms with E-state index in [2.05, 4.69) is 10.3 Å². The average molecular weight is 381 g/mol. The van der Waals surface area contributed by atoms with Gasteiger partial charge < -0.3 is 10.1 Å². The van der Waals surface area contributed by atoms with Gasteiger partial charge in [0.15, 0.2) is 6.10 Å². The molecule has 144 valence electrons. The second kappa shape index (κ2) is 8.94. The van der Waals surface area contributed by atoms with Crippen molar-refractivity contribution in [3.8, 4) is 17.0 Å². The van der Waals surface area contributed by atoms with Crippen LogP contribution >= 0.6 is 0 Å². The molecule has 0 fully saturated rings. The smallest absolute Gasteiger partial charge is 0.260 e. The molecule has 0 spiro atoms. The second-order valence-electron chi connectivity index (χ2n) is 6.18. The van der Waals surface area contributed by atoms with Crippen LogP contribution in [-0.2, 0) is 11.3 Å². The first kappa shape index (κ1) is 19.3. The molecule has 0 aliphatic heterocycles. The Labute approximate surface area is 161 Å². The summed E-state index contributed by atoms with van der Waals surface area (Å²) >= 11 is 0. The molecule has 0 aliphatic rings. The van der Waals surface area contributed by atoms with Crippen LogP contribution in [0.4, 0.5) is 4.39 Å². The summed E-state index contributed by atoms with van der Waals surface area (Å²) in [5.41, 5.74) is 1.26. The van der Waals surface area contributed by atoms with Gasteiger partial charge in [0.2, 0.25) is 0 Å². The number of nitrogens with one attached hydrogen (secondary N) is 1. The Morgan fingerprint density at radius 3 is 2.68 bits per heavy atom. The summed E-state index contributed by atoms with van der Waals surface area (Å²) in [7, 11) is 0. The van der Waals surface area contributed by atoms with Gasteiger partial charge in [0, 0.05) is 30.8 Å². The van der Waals surface area contributed by atoms with E-state index in [4.69, 9.17) is 4.74 Å². The molecule has 1 unspecified atom stereocenters. The third-order valence-electron chi connectivity index (χ3n) is 4.08. The molecule has 1 amide bonds. The summed E-state index contributed by atoms with van der Waals surface area (Å²) in [6, 6.07) is 16.5. The highest BCUT2D eigenvalue weighted by Crippen LogP contribution is 2.14. The van der Waals surface area contributed by atoms with E-state index in [9.17, 15) is 14.0 Å². The van der Waals surface area contributed by atoms with Crippen molar-refractivity contribution in [1.82, 2.24) is 14.9 Å². The van der Waals surface area contributed by atoms with Gasteiger partial charge in [0.25, 0.3) is 11.5 Å². The van der Waals surface area contributed by atoms with Gasteiger partial charge in [-0.1, -0.05) is 36.4 Å². The first-order chi connectivity index (χ1) is 13.5. The largest absolute Gasteiger partial charge is 0.481 e. The maximum Gasteiger partial charge on any atom is 0.260 e. The number of carbonyl (C=O) groups is 1. The van der Waals surface area contributed by atoms with E-state index in [1.54, 1.807) is 13.0 Å². The van der Waals surface area contributed by atoms with Crippen LogP contribution in [0, 0.1) is 5.82 Å². The maximum atomic E-state index is 13.2. The zero-order valence-corrected chi connectivity index (χ0v) is 15.3. The second-order valence-corrected chi connectivity index (χ2v) is 6.18. The average Bonchev–Trinajstić information content (AvgIpc) is 2.69. The summed E-state index contributed by atoms with van der Waals surface area (Å²) in [4.78, 5) is 28.7. The standard InChI is InChI=1S/C21H20FN3O3/c1-15(28-18-9-5-8-17(22)12-18)21(27)23-10-11-25-14-24-19(13-20(25)26)16-6-3-2-4-7-16/h2-9,12-15H,10-11H2,1H3,(H,23,27). The third-order valence-corrected chi connectivity index (χ3v) is 4.08. The first-order valence-corrected chi connectivity index (χ1v) is 8.85. The van der Waals surface area contributed by atoms with E-state index in [-0.39, 0.29) is 30.3 Å². The Hall–Kier alpha value is -3.48. The molecule has 28 heavy (non-hydrogen) atoms. The highest BCUT2D eigenvalue weighted by molar-refractivity contribution is 5.80. The normalized spacial score (nSPS) is 11.6. The van der Waals surface area contributed by atoms with E-state index < -0.39 is 11.9 Å². The zero-order chi connectivity index (χ0) is 19.9. The molecule has 0 radical (unpaired) electrons. The molecule has 0 bridgehead atoms. The quantitative estimate of drug-likeness (QED) is 0.683. The molecule has 1 aromatic heterocycles. The van der Waals surface area contributed by atoms with Gasteiger partial charge in [-0.3, -0.25) is 14.2 Å². The molecule has 3 rings (SSSR count). The van der Waals surface area contributed by atoms with Crippen LogP contribution in [0.5, 0.6) is 5.75 Å². The number of nitrogens with zero attached hydrogens (tertiary/aromatic N) is 2. The van der Waals surface area contributed by atoms with Gasteiger partial charge in [-0.05, 0) is 19.1 Å². The van der Waals surface area contributed by atoms with Gasteiger partial charge >= 0.3 is 0 Å². The van der Waals surface area contributed by atoms with Gasteiger partial charge in [0.05, 0.1) is 12.0 Å². The minimum absolute atomic E-state index is 0.202. The lowest BCUT2D eigenvalue weighted by Crippen LogP contribution is -2.38. The molecule has 7 heteroatoms. The third kappa shape index (κ3) is 5.03. The minimum atomic E-state index is -0.794. The Morgan fingerprint density at radius 1 is 1.18 bits per heavy atom. The number of amides is 1.